The van der Waals surface area contributed by atoms with Gasteiger partial charge >= 0.3 is 0 Å². The van der Waals surface area contributed by atoms with Gasteiger partial charge in [0, 0.05) is 12.0 Å². The molecule has 0 aliphatic rings. The van der Waals surface area contributed by atoms with Crippen molar-refractivity contribution in [1.82, 2.24) is 0 Å². The molecule has 132 valence electrons. The van der Waals surface area contributed by atoms with Gasteiger partial charge in [0.15, 0.2) is 0 Å². The van der Waals surface area contributed by atoms with Crippen LogP contribution in [0.25, 0.3) is 11.1 Å². The zero-order valence-corrected chi connectivity index (χ0v) is 16.8. The van der Waals surface area contributed by atoms with E-state index in [2.05, 4.69) is 43.2 Å². The maximum Gasteiger partial charge on any atom is 0.131 e. The van der Waals surface area contributed by atoms with Crippen molar-refractivity contribution < 1.29 is 9.13 Å². The summed E-state index contributed by atoms with van der Waals surface area (Å²) in [5.41, 5.74) is 6.05. The number of benzene rings is 2. The van der Waals surface area contributed by atoms with Gasteiger partial charge in [0.2, 0.25) is 0 Å². The van der Waals surface area contributed by atoms with Crippen molar-refractivity contribution in [1.29, 1.82) is 0 Å². The number of halogens is 1. The van der Waals surface area contributed by atoms with E-state index in [0.717, 1.165) is 18.4 Å². The molecule has 0 aliphatic carbocycles. The first-order chi connectivity index (χ1) is 11.7. The Hall–Kier alpha value is -2.05. The summed E-state index contributed by atoms with van der Waals surface area (Å²) in [7, 11) is -1.29. The lowest BCUT2D eigenvalue weighted by Crippen LogP contribution is -2.16. The van der Waals surface area contributed by atoms with Gasteiger partial charge < -0.3 is 4.74 Å². The molecule has 0 aromatic heterocycles. The molecular weight excluding hydrogens is 327 g/mol. The lowest BCUT2D eigenvalue weighted by molar-refractivity contribution is 0.242. The van der Waals surface area contributed by atoms with Crippen LogP contribution in [0, 0.1) is 17.3 Å². The molecule has 2 aromatic carbocycles. The summed E-state index contributed by atoms with van der Waals surface area (Å²) >= 11 is 0. The SMILES string of the molecule is CC(C)Oc1ccc(F)c(-c2ccc(CCC#C[Si](C)(C)C)cc2)c1. The number of hydrogen-bond acceptors (Lipinski definition) is 1. The summed E-state index contributed by atoms with van der Waals surface area (Å²) in [4.78, 5) is 0. The van der Waals surface area contributed by atoms with Crippen LogP contribution in [0.2, 0.25) is 19.6 Å². The van der Waals surface area contributed by atoms with E-state index in [4.69, 9.17) is 4.74 Å². The Labute approximate surface area is 152 Å². The smallest absolute Gasteiger partial charge is 0.131 e. The van der Waals surface area contributed by atoms with Crippen molar-refractivity contribution in [2.45, 2.75) is 52.4 Å². The van der Waals surface area contributed by atoms with E-state index in [-0.39, 0.29) is 11.9 Å². The predicted molar refractivity (Wildman–Crippen MR) is 107 cm³/mol. The third kappa shape index (κ3) is 6.40. The Balaban J connectivity index is 2.10. The van der Waals surface area contributed by atoms with Gasteiger partial charge in [-0.25, -0.2) is 4.39 Å². The number of aryl methyl sites for hydroxylation is 1. The first kappa shape index (κ1) is 19.3. The Morgan fingerprint density at radius 3 is 2.32 bits per heavy atom. The second-order valence-corrected chi connectivity index (χ2v) is 12.3. The van der Waals surface area contributed by atoms with Gasteiger partial charge in [0.05, 0.1) is 6.10 Å². The van der Waals surface area contributed by atoms with E-state index in [0.29, 0.717) is 11.3 Å². The van der Waals surface area contributed by atoms with Gasteiger partial charge in [0.25, 0.3) is 0 Å². The molecule has 0 N–H and O–H groups in total. The van der Waals surface area contributed by atoms with E-state index < -0.39 is 8.07 Å². The second kappa shape index (κ2) is 8.36. The van der Waals surface area contributed by atoms with E-state index in [1.165, 1.54) is 11.6 Å². The summed E-state index contributed by atoms with van der Waals surface area (Å²) in [5, 5.41) is 0. The van der Waals surface area contributed by atoms with Gasteiger partial charge in [-0.1, -0.05) is 43.9 Å². The van der Waals surface area contributed by atoms with Crippen molar-refractivity contribution in [2.24, 2.45) is 0 Å². The molecule has 0 saturated heterocycles. The van der Waals surface area contributed by atoms with Crippen molar-refractivity contribution >= 4 is 8.07 Å². The Morgan fingerprint density at radius 1 is 1.04 bits per heavy atom. The van der Waals surface area contributed by atoms with Crippen LogP contribution in [0.1, 0.15) is 25.8 Å². The maximum absolute atomic E-state index is 14.2. The zero-order chi connectivity index (χ0) is 18.4. The first-order valence-electron chi connectivity index (χ1n) is 8.80. The molecule has 0 amide bonds. The number of rotatable bonds is 5. The molecule has 0 spiro atoms. The summed E-state index contributed by atoms with van der Waals surface area (Å²) in [6, 6.07) is 13.0. The molecule has 25 heavy (non-hydrogen) atoms. The minimum Gasteiger partial charge on any atom is -0.491 e. The average Bonchev–Trinajstić information content (AvgIpc) is 2.53. The quantitative estimate of drug-likeness (QED) is 0.466. The Morgan fingerprint density at radius 2 is 1.72 bits per heavy atom. The number of ether oxygens (including phenoxy) is 1. The minimum absolute atomic E-state index is 0.0676. The van der Waals surface area contributed by atoms with Crippen LogP contribution in [-0.4, -0.2) is 14.2 Å². The van der Waals surface area contributed by atoms with Crippen molar-refractivity contribution in [3.63, 3.8) is 0 Å². The van der Waals surface area contributed by atoms with Gasteiger partial charge in [-0.05, 0) is 49.6 Å². The van der Waals surface area contributed by atoms with Crippen LogP contribution in [-0.2, 0) is 6.42 Å². The van der Waals surface area contributed by atoms with Gasteiger partial charge in [-0.15, -0.1) is 11.5 Å². The van der Waals surface area contributed by atoms with Crippen LogP contribution < -0.4 is 4.74 Å². The topological polar surface area (TPSA) is 9.23 Å². The van der Waals surface area contributed by atoms with Gasteiger partial charge in [-0.2, -0.15) is 0 Å². The van der Waals surface area contributed by atoms with Gasteiger partial charge in [-0.3, -0.25) is 0 Å². The number of hydrogen-bond donors (Lipinski definition) is 0. The predicted octanol–water partition coefficient (Wildman–Crippen LogP) is 6.09. The van der Waals surface area contributed by atoms with Crippen LogP contribution in [0.3, 0.4) is 0 Å². The highest BCUT2D eigenvalue weighted by Gasteiger charge is 2.09. The molecule has 2 aromatic rings. The van der Waals surface area contributed by atoms with E-state index in [9.17, 15) is 4.39 Å². The summed E-state index contributed by atoms with van der Waals surface area (Å²) < 4.78 is 19.9. The highest BCUT2D eigenvalue weighted by Crippen LogP contribution is 2.28. The molecule has 0 atom stereocenters. The van der Waals surface area contributed by atoms with Crippen molar-refractivity contribution in [3.05, 3.63) is 53.8 Å². The minimum atomic E-state index is -1.29. The normalized spacial score (nSPS) is 11.2. The fraction of sp³-hybridized carbons (Fsp3) is 0.364. The molecular formula is C22H27FOSi. The van der Waals surface area contributed by atoms with Crippen molar-refractivity contribution in [3.8, 4) is 28.3 Å². The third-order valence-electron chi connectivity index (χ3n) is 3.58. The molecule has 0 heterocycles. The van der Waals surface area contributed by atoms with Crippen molar-refractivity contribution in [2.75, 3.05) is 0 Å². The molecule has 1 nitrogen and oxygen atoms in total. The Kier molecular flexibility index (Phi) is 6.44. The Bertz CT molecular complexity index is 761. The zero-order valence-electron chi connectivity index (χ0n) is 15.8. The fourth-order valence-corrected chi connectivity index (χ4v) is 3.11. The van der Waals surface area contributed by atoms with Crippen LogP contribution in [0.5, 0.6) is 5.75 Å². The molecule has 2 rings (SSSR count). The standard InChI is InChI=1S/C22H27FOSi/c1-17(2)24-20-13-14-22(23)21(16-20)19-11-9-18(10-12-19)8-6-7-15-25(3,4)5/h9-14,16-17H,6,8H2,1-5H3. The fourth-order valence-electron chi connectivity index (χ4n) is 2.46. The second-order valence-electron chi connectivity index (χ2n) is 7.56. The average molecular weight is 355 g/mol. The largest absolute Gasteiger partial charge is 0.491 e. The molecule has 0 saturated carbocycles. The lowest BCUT2D eigenvalue weighted by atomic mass is 10.0. The van der Waals surface area contributed by atoms with E-state index >= 15 is 0 Å². The summed E-state index contributed by atoms with van der Waals surface area (Å²) in [6.45, 7) is 10.7. The molecule has 0 fully saturated rings. The van der Waals surface area contributed by atoms with E-state index in [1.807, 2.05) is 26.0 Å². The lowest BCUT2D eigenvalue weighted by Gasteiger charge is -2.12. The van der Waals surface area contributed by atoms with Gasteiger partial charge in [0.1, 0.15) is 19.6 Å². The first-order valence-corrected chi connectivity index (χ1v) is 12.3. The summed E-state index contributed by atoms with van der Waals surface area (Å²) in [6.07, 6.45) is 1.87. The molecule has 0 radical (unpaired) electrons. The molecule has 0 unspecified atom stereocenters. The molecule has 3 heteroatoms. The van der Waals surface area contributed by atoms with Crippen LogP contribution in [0.4, 0.5) is 4.39 Å². The van der Waals surface area contributed by atoms with Crippen LogP contribution >= 0.6 is 0 Å². The highest BCUT2D eigenvalue weighted by atomic mass is 28.3. The molecule has 0 bridgehead atoms. The maximum atomic E-state index is 14.2. The summed E-state index contributed by atoms with van der Waals surface area (Å²) in [5.74, 6) is 3.75. The van der Waals surface area contributed by atoms with Crippen LogP contribution in [0.15, 0.2) is 42.5 Å². The highest BCUT2D eigenvalue weighted by molar-refractivity contribution is 6.83. The molecule has 0 aliphatic heterocycles. The monoisotopic (exact) mass is 354 g/mol. The van der Waals surface area contributed by atoms with E-state index in [1.54, 1.807) is 12.1 Å². The third-order valence-corrected chi connectivity index (χ3v) is 4.50.